The highest BCUT2D eigenvalue weighted by Gasteiger charge is 2.18. The SMILES string of the molecule is CC1CCC[Si@@H]1C. The minimum atomic E-state index is -0.144. The molecule has 1 fully saturated rings. The molecule has 0 spiro atoms. The molecule has 1 heterocycles. The molecule has 0 radical (unpaired) electrons. The summed E-state index contributed by atoms with van der Waals surface area (Å²) in [5.41, 5.74) is 1.15. The van der Waals surface area contributed by atoms with Gasteiger partial charge in [0.15, 0.2) is 0 Å². The molecule has 1 saturated heterocycles. The molecular formula is C6H14Si. The van der Waals surface area contributed by atoms with Gasteiger partial charge in [-0.25, -0.2) is 0 Å². The molecule has 0 N–H and O–H groups in total. The van der Waals surface area contributed by atoms with E-state index in [1.165, 1.54) is 12.8 Å². The van der Waals surface area contributed by atoms with Gasteiger partial charge in [0.1, 0.15) is 0 Å². The van der Waals surface area contributed by atoms with Gasteiger partial charge in [-0.2, -0.15) is 0 Å². The highest BCUT2D eigenvalue weighted by Crippen LogP contribution is 2.29. The molecule has 0 aromatic rings. The van der Waals surface area contributed by atoms with E-state index in [1.54, 1.807) is 6.04 Å². The molecule has 7 heavy (non-hydrogen) atoms. The lowest BCUT2D eigenvalue weighted by molar-refractivity contribution is 0.819. The van der Waals surface area contributed by atoms with E-state index in [0.717, 1.165) is 5.54 Å². The van der Waals surface area contributed by atoms with Crippen LogP contribution in [0.3, 0.4) is 0 Å². The van der Waals surface area contributed by atoms with Crippen LogP contribution in [0.5, 0.6) is 0 Å². The maximum Gasteiger partial charge on any atom is 0.0365 e. The van der Waals surface area contributed by atoms with Crippen LogP contribution in [0.15, 0.2) is 0 Å². The molecule has 0 nitrogen and oxygen atoms in total. The van der Waals surface area contributed by atoms with Crippen LogP contribution < -0.4 is 0 Å². The summed E-state index contributed by atoms with van der Waals surface area (Å²) in [5.74, 6) is 0. The predicted octanol–water partition coefficient (Wildman–Crippen LogP) is 2.03. The van der Waals surface area contributed by atoms with Crippen molar-refractivity contribution in [3.8, 4) is 0 Å². The number of rotatable bonds is 0. The first-order valence-corrected chi connectivity index (χ1v) is 5.94. The lowest BCUT2D eigenvalue weighted by Gasteiger charge is -2.03. The van der Waals surface area contributed by atoms with Crippen LogP contribution >= 0.6 is 0 Å². The third-order valence-corrected chi connectivity index (χ3v) is 5.89. The molecule has 0 saturated carbocycles. The van der Waals surface area contributed by atoms with Crippen LogP contribution in [0, 0.1) is 0 Å². The topological polar surface area (TPSA) is 0 Å². The van der Waals surface area contributed by atoms with Gasteiger partial charge in [-0.05, 0) is 0 Å². The van der Waals surface area contributed by atoms with Crippen LogP contribution in [-0.4, -0.2) is 8.80 Å². The highest BCUT2D eigenvalue weighted by molar-refractivity contribution is 6.59. The molecule has 1 aliphatic heterocycles. The quantitative estimate of drug-likeness (QED) is 0.423. The van der Waals surface area contributed by atoms with E-state index in [-0.39, 0.29) is 8.80 Å². The fourth-order valence-corrected chi connectivity index (χ4v) is 3.58. The first-order chi connectivity index (χ1) is 3.30. The summed E-state index contributed by atoms with van der Waals surface area (Å²) >= 11 is 0. The van der Waals surface area contributed by atoms with Crippen molar-refractivity contribution in [3.05, 3.63) is 0 Å². The standard InChI is InChI=1S/C6H14Si/c1-6-4-3-5-7(6)2/h6-7H,3-5H2,1-2H3/t6?,7-/m0/s1. The van der Waals surface area contributed by atoms with Crippen LogP contribution in [0.2, 0.25) is 18.1 Å². The van der Waals surface area contributed by atoms with E-state index in [0.29, 0.717) is 0 Å². The van der Waals surface area contributed by atoms with Crippen LogP contribution in [-0.2, 0) is 0 Å². The summed E-state index contributed by atoms with van der Waals surface area (Å²) in [4.78, 5) is 0. The molecule has 0 aliphatic carbocycles. The van der Waals surface area contributed by atoms with E-state index < -0.39 is 0 Å². The first kappa shape index (κ1) is 5.36. The monoisotopic (exact) mass is 114 g/mol. The van der Waals surface area contributed by atoms with Gasteiger partial charge in [0.05, 0.1) is 0 Å². The smallest absolute Gasteiger partial charge is 0.0365 e. The fourth-order valence-electron chi connectivity index (χ4n) is 1.33. The van der Waals surface area contributed by atoms with Gasteiger partial charge >= 0.3 is 0 Å². The Morgan fingerprint density at radius 3 is 2.43 bits per heavy atom. The van der Waals surface area contributed by atoms with E-state index in [1.807, 2.05) is 0 Å². The van der Waals surface area contributed by atoms with E-state index in [9.17, 15) is 0 Å². The maximum atomic E-state index is 2.50. The van der Waals surface area contributed by atoms with Gasteiger partial charge < -0.3 is 0 Å². The second-order valence-corrected chi connectivity index (χ2v) is 6.56. The minimum absolute atomic E-state index is 0.144. The van der Waals surface area contributed by atoms with Crippen molar-refractivity contribution in [3.63, 3.8) is 0 Å². The van der Waals surface area contributed by atoms with Crippen molar-refractivity contribution in [1.82, 2.24) is 0 Å². The Balaban J connectivity index is 2.33. The average molecular weight is 114 g/mol. The normalized spacial score (nSPS) is 42.0. The Hall–Kier alpha value is 0.217. The molecule has 1 heteroatoms. The third kappa shape index (κ3) is 1.06. The molecule has 0 bridgehead atoms. The lowest BCUT2D eigenvalue weighted by atomic mass is 10.3. The number of hydrogen-bond donors (Lipinski definition) is 0. The van der Waals surface area contributed by atoms with Gasteiger partial charge in [-0.15, -0.1) is 0 Å². The van der Waals surface area contributed by atoms with Crippen molar-refractivity contribution in [1.29, 1.82) is 0 Å². The summed E-state index contributed by atoms with van der Waals surface area (Å²) in [6, 6.07) is 1.61. The summed E-state index contributed by atoms with van der Waals surface area (Å²) in [6.07, 6.45) is 3.07. The van der Waals surface area contributed by atoms with Crippen molar-refractivity contribution in [2.24, 2.45) is 0 Å². The summed E-state index contributed by atoms with van der Waals surface area (Å²) in [7, 11) is -0.144. The van der Waals surface area contributed by atoms with Crippen molar-refractivity contribution >= 4 is 8.80 Å². The number of hydrogen-bond acceptors (Lipinski definition) is 0. The van der Waals surface area contributed by atoms with E-state index in [4.69, 9.17) is 0 Å². The van der Waals surface area contributed by atoms with E-state index >= 15 is 0 Å². The summed E-state index contributed by atoms with van der Waals surface area (Å²) < 4.78 is 0. The largest absolute Gasteiger partial charge is 0.0718 e. The summed E-state index contributed by atoms with van der Waals surface area (Å²) in [6.45, 7) is 4.92. The molecule has 0 aromatic carbocycles. The van der Waals surface area contributed by atoms with Gasteiger partial charge in [0.2, 0.25) is 0 Å². The zero-order valence-corrected chi connectivity index (χ0v) is 6.43. The van der Waals surface area contributed by atoms with Crippen molar-refractivity contribution in [2.45, 2.75) is 37.9 Å². The van der Waals surface area contributed by atoms with Gasteiger partial charge in [-0.1, -0.05) is 37.9 Å². The highest BCUT2D eigenvalue weighted by atomic mass is 28.3. The van der Waals surface area contributed by atoms with E-state index in [2.05, 4.69) is 13.5 Å². The Kier molecular flexibility index (Phi) is 1.52. The van der Waals surface area contributed by atoms with Gasteiger partial charge in [0.25, 0.3) is 0 Å². The zero-order valence-electron chi connectivity index (χ0n) is 5.28. The third-order valence-electron chi connectivity index (χ3n) is 2.29. The Morgan fingerprint density at radius 1 is 1.57 bits per heavy atom. The average Bonchev–Trinajstić information content (AvgIpc) is 1.91. The summed E-state index contributed by atoms with van der Waals surface area (Å²) in [5, 5.41) is 0. The molecule has 1 aliphatic rings. The van der Waals surface area contributed by atoms with Gasteiger partial charge in [0, 0.05) is 8.80 Å². The van der Waals surface area contributed by atoms with Crippen molar-refractivity contribution in [2.75, 3.05) is 0 Å². The van der Waals surface area contributed by atoms with Crippen molar-refractivity contribution < 1.29 is 0 Å². The molecule has 0 amide bonds. The molecule has 1 unspecified atom stereocenters. The zero-order chi connectivity index (χ0) is 5.28. The predicted molar refractivity (Wildman–Crippen MR) is 36.5 cm³/mol. The van der Waals surface area contributed by atoms with Crippen LogP contribution in [0.1, 0.15) is 19.8 Å². The second-order valence-electron chi connectivity index (χ2n) is 2.89. The van der Waals surface area contributed by atoms with Crippen LogP contribution in [0.4, 0.5) is 0 Å². The minimum Gasteiger partial charge on any atom is -0.0718 e. The molecule has 2 atom stereocenters. The van der Waals surface area contributed by atoms with Crippen LogP contribution in [0.25, 0.3) is 0 Å². The maximum absolute atomic E-state index is 2.50. The Morgan fingerprint density at radius 2 is 2.29 bits per heavy atom. The first-order valence-electron chi connectivity index (χ1n) is 3.30. The lowest BCUT2D eigenvalue weighted by Crippen LogP contribution is -2.03. The Labute approximate surface area is 47.5 Å². The second kappa shape index (κ2) is 1.99. The molecule has 0 aromatic heterocycles. The Bertz CT molecular complexity index is 53.2. The molecule has 42 valence electrons. The fraction of sp³-hybridized carbons (Fsp3) is 1.00. The molecule has 1 rings (SSSR count). The van der Waals surface area contributed by atoms with Gasteiger partial charge in [-0.3, -0.25) is 0 Å². The molecular weight excluding hydrogens is 100 g/mol.